The smallest absolute Gasteiger partial charge is 0.191 e. The summed E-state index contributed by atoms with van der Waals surface area (Å²) in [5.74, 6) is 1.54. The molecule has 5 heteroatoms. The van der Waals surface area contributed by atoms with Gasteiger partial charge in [-0.1, -0.05) is 19.0 Å². The summed E-state index contributed by atoms with van der Waals surface area (Å²) < 4.78 is 4.78. The summed E-state index contributed by atoms with van der Waals surface area (Å²) in [6.45, 7) is 7.27. The van der Waals surface area contributed by atoms with Crippen LogP contribution in [0.15, 0.2) is 21.8 Å². The first kappa shape index (κ1) is 14.5. The summed E-state index contributed by atoms with van der Waals surface area (Å²) in [5.41, 5.74) is 0.868. The van der Waals surface area contributed by atoms with Gasteiger partial charge in [0.05, 0.1) is 6.54 Å². The van der Waals surface area contributed by atoms with Gasteiger partial charge in [-0.3, -0.25) is 4.99 Å². The standard InChI is InChI=1S/C13H24N4O/c1-10(2)5-6-11(3)16-13(14-4)15-9-12-7-8-18-17-12/h7-8,10-11H,5-6,9H2,1-4H3,(H2,14,15,16). The molecular weight excluding hydrogens is 228 g/mol. The number of aliphatic imine (C=N–C) groups is 1. The summed E-state index contributed by atoms with van der Waals surface area (Å²) in [5, 5.41) is 10.4. The zero-order valence-electron chi connectivity index (χ0n) is 11.7. The lowest BCUT2D eigenvalue weighted by Gasteiger charge is -2.18. The fourth-order valence-electron chi connectivity index (χ4n) is 1.59. The number of aromatic nitrogens is 1. The van der Waals surface area contributed by atoms with Crippen molar-refractivity contribution in [1.29, 1.82) is 0 Å². The van der Waals surface area contributed by atoms with E-state index in [0.717, 1.165) is 24.0 Å². The van der Waals surface area contributed by atoms with Crippen LogP contribution < -0.4 is 10.6 Å². The highest BCUT2D eigenvalue weighted by Crippen LogP contribution is 2.06. The van der Waals surface area contributed by atoms with E-state index in [4.69, 9.17) is 4.52 Å². The van der Waals surface area contributed by atoms with Gasteiger partial charge in [0, 0.05) is 19.2 Å². The van der Waals surface area contributed by atoms with Crippen molar-refractivity contribution < 1.29 is 4.52 Å². The van der Waals surface area contributed by atoms with Gasteiger partial charge in [0.25, 0.3) is 0 Å². The Kier molecular flexibility index (Phi) is 6.25. The van der Waals surface area contributed by atoms with Crippen molar-refractivity contribution in [3.05, 3.63) is 18.0 Å². The molecule has 1 heterocycles. The molecule has 1 aromatic heterocycles. The van der Waals surface area contributed by atoms with Crippen molar-refractivity contribution in [3.63, 3.8) is 0 Å². The number of guanidine groups is 1. The molecule has 0 aliphatic rings. The number of rotatable bonds is 6. The van der Waals surface area contributed by atoms with E-state index in [1.807, 2.05) is 6.07 Å². The van der Waals surface area contributed by atoms with Gasteiger partial charge in [0.2, 0.25) is 0 Å². The molecular formula is C13H24N4O. The Morgan fingerprint density at radius 3 is 2.72 bits per heavy atom. The van der Waals surface area contributed by atoms with Crippen LogP contribution in [0.3, 0.4) is 0 Å². The van der Waals surface area contributed by atoms with Crippen LogP contribution in [0.25, 0.3) is 0 Å². The van der Waals surface area contributed by atoms with E-state index >= 15 is 0 Å². The molecule has 0 fully saturated rings. The van der Waals surface area contributed by atoms with Gasteiger partial charge in [-0.05, 0) is 25.7 Å². The molecule has 0 amide bonds. The highest BCUT2D eigenvalue weighted by molar-refractivity contribution is 5.79. The average molecular weight is 252 g/mol. The number of hydrogen-bond acceptors (Lipinski definition) is 3. The molecule has 5 nitrogen and oxygen atoms in total. The molecule has 1 rings (SSSR count). The number of nitrogens with one attached hydrogen (secondary N) is 2. The Labute approximate surface area is 109 Å². The van der Waals surface area contributed by atoms with Gasteiger partial charge in [-0.25, -0.2) is 0 Å². The summed E-state index contributed by atoms with van der Waals surface area (Å²) in [4.78, 5) is 4.19. The van der Waals surface area contributed by atoms with Crippen LogP contribution in [0, 0.1) is 5.92 Å². The maximum absolute atomic E-state index is 4.78. The van der Waals surface area contributed by atoms with Gasteiger partial charge >= 0.3 is 0 Å². The molecule has 1 atom stereocenters. The predicted octanol–water partition coefficient (Wildman–Crippen LogP) is 2.16. The van der Waals surface area contributed by atoms with Crippen LogP contribution in [0.1, 0.15) is 39.3 Å². The van der Waals surface area contributed by atoms with Crippen LogP contribution >= 0.6 is 0 Å². The Hall–Kier alpha value is -1.52. The molecule has 0 saturated heterocycles. The minimum absolute atomic E-state index is 0.413. The van der Waals surface area contributed by atoms with Crippen LogP contribution in [-0.2, 0) is 6.54 Å². The van der Waals surface area contributed by atoms with Crippen molar-refractivity contribution in [1.82, 2.24) is 15.8 Å². The first-order valence-corrected chi connectivity index (χ1v) is 6.48. The first-order chi connectivity index (χ1) is 8.61. The Morgan fingerprint density at radius 2 is 2.17 bits per heavy atom. The molecule has 1 aromatic rings. The highest BCUT2D eigenvalue weighted by Gasteiger charge is 2.06. The Balaban J connectivity index is 2.29. The topological polar surface area (TPSA) is 62.5 Å². The summed E-state index contributed by atoms with van der Waals surface area (Å²) in [7, 11) is 1.77. The van der Waals surface area contributed by atoms with E-state index in [1.165, 1.54) is 6.42 Å². The van der Waals surface area contributed by atoms with Crippen molar-refractivity contribution >= 4 is 5.96 Å². The van der Waals surface area contributed by atoms with Crippen LogP contribution in [-0.4, -0.2) is 24.2 Å². The fraction of sp³-hybridized carbons (Fsp3) is 0.692. The Bertz CT molecular complexity index is 346. The van der Waals surface area contributed by atoms with E-state index in [-0.39, 0.29) is 0 Å². The SMILES string of the molecule is CN=C(NCc1ccon1)NC(C)CCC(C)C. The molecule has 0 aliphatic carbocycles. The molecule has 0 bridgehead atoms. The molecule has 0 saturated carbocycles. The zero-order valence-corrected chi connectivity index (χ0v) is 11.7. The van der Waals surface area contributed by atoms with Gasteiger partial charge < -0.3 is 15.2 Å². The van der Waals surface area contributed by atoms with E-state index < -0.39 is 0 Å². The number of nitrogens with zero attached hydrogens (tertiary/aromatic N) is 2. The lowest BCUT2D eigenvalue weighted by atomic mass is 10.0. The predicted molar refractivity (Wildman–Crippen MR) is 73.4 cm³/mol. The second-order valence-corrected chi connectivity index (χ2v) is 4.93. The lowest BCUT2D eigenvalue weighted by Crippen LogP contribution is -2.42. The monoisotopic (exact) mass is 252 g/mol. The van der Waals surface area contributed by atoms with Crippen LogP contribution in [0.2, 0.25) is 0 Å². The summed E-state index contributed by atoms with van der Waals surface area (Å²) in [6, 6.07) is 2.25. The van der Waals surface area contributed by atoms with E-state index in [2.05, 4.69) is 41.6 Å². The third kappa shape index (κ3) is 5.70. The van der Waals surface area contributed by atoms with E-state index in [0.29, 0.717) is 12.6 Å². The first-order valence-electron chi connectivity index (χ1n) is 6.48. The molecule has 0 aliphatic heterocycles. The van der Waals surface area contributed by atoms with Crippen molar-refractivity contribution in [2.24, 2.45) is 10.9 Å². The van der Waals surface area contributed by atoms with E-state index in [1.54, 1.807) is 13.3 Å². The molecule has 0 aromatic carbocycles. The normalized spacial score (nSPS) is 13.7. The Morgan fingerprint density at radius 1 is 1.39 bits per heavy atom. The quantitative estimate of drug-likeness (QED) is 0.601. The minimum atomic E-state index is 0.413. The molecule has 2 N–H and O–H groups in total. The fourth-order valence-corrected chi connectivity index (χ4v) is 1.59. The zero-order chi connectivity index (χ0) is 13.4. The molecule has 1 unspecified atom stereocenters. The maximum atomic E-state index is 4.78. The molecule has 0 radical (unpaired) electrons. The van der Waals surface area contributed by atoms with E-state index in [9.17, 15) is 0 Å². The van der Waals surface area contributed by atoms with Gasteiger partial charge in [0.1, 0.15) is 12.0 Å². The minimum Gasteiger partial charge on any atom is -0.364 e. The average Bonchev–Trinajstić information content (AvgIpc) is 2.84. The lowest BCUT2D eigenvalue weighted by molar-refractivity contribution is 0.410. The maximum Gasteiger partial charge on any atom is 0.191 e. The third-order valence-electron chi connectivity index (χ3n) is 2.71. The van der Waals surface area contributed by atoms with Crippen LogP contribution in [0.4, 0.5) is 0 Å². The van der Waals surface area contributed by atoms with Gasteiger partial charge in [-0.15, -0.1) is 0 Å². The molecule has 18 heavy (non-hydrogen) atoms. The van der Waals surface area contributed by atoms with Crippen molar-refractivity contribution in [2.75, 3.05) is 7.05 Å². The van der Waals surface area contributed by atoms with Gasteiger partial charge in [0.15, 0.2) is 5.96 Å². The second kappa shape index (κ2) is 7.74. The van der Waals surface area contributed by atoms with Crippen molar-refractivity contribution in [2.45, 2.75) is 46.2 Å². The number of hydrogen-bond donors (Lipinski definition) is 2. The third-order valence-corrected chi connectivity index (χ3v) is 2.71. The highest BCUT2D eigenvalue weighted by atomic mass is 16.5. The molecule has 0 spiro atoms. The summed E-state index contributed by atoms with van der Waals surface area (Å²) in [6.07, 6.45) is 3.93. The van der Waals surface area contributed by atoms with Gasteiger partial charge in [-0.2, -0.15) is 0 Å². The van der Waals surface area contributed by atoms with Crippen LogP contribution in [0.5, 0.6) is 0 Å². The molecule has 102 valence electrons. The second-order valence-electron chi connectivity index (χ2n) is 4.93. The largest absolute Gasteiger partial charge is 0.364 e. The summed E-state index contributed by atoms with van der Waals surface area (Å²) >= 11 is 0. The van der Waals surface area contributed by atoms with Crippen molar-refractivity contribution in [3.8, 4) is 0 Å².